The number of aromatic hydroxyl groups is 1. The van der Waals surface area contributed by atoms with Gasteiger partial charge in [0.25, 0.3) is 0 Å². The van der Waals surface area contributed by atoms with Crippen LogP contribution in [0, 0.1) is 0 Å². The SMILES string of the molecule is CC1CN(C)CCCN1C(C)c1ccccc1O. The molecule has 2 atom stereocenters. The summed E-state index contributed by atoms with van der Waals surface area (Å²) in [6.07, 6.45) is 1.19. The lowest BCUT2D eigenvalue weighted by atomic mass is 10.0. The van der Waals surface area contributed by atoms with Crippen molar-refractivity contribution in [3.05, 3.63) is 29.8 Å². The Morgan fingerprint density at radius 1 is 1.28 bits per heavy atom. The fourth-order valence-electron chi connectivity index (χ4n) is 2.99. The third kappa shape index (κ3) is 2.85. The van der Waals surface area contributed by atoms with Crippen molar-refractivity contribution < 1.29 is 5.11 Å². The number of rotatable bonds is 2. The molecule has 0 spiro atoms. The van der Waals surface area contributed by atoms with Gasteiger partial charge in [0, 0.05) is 30.7 Å². The second-order valence-electron chi connectivity index (χ2n) is 5.44. The third-order valence-corrected chi connectivity index (χ3v) is 3.98. The van der Waals surface area contributed by atoms with Crippen LogP contribution in [0.5, 0.6) is 5.75 Å². The van der Waals surface area contributed by atoms with E-state index in [0.29, 0.717) is 11.8 Å². The van der Waals surface area contributed by atoms with Gasteiger partial charge in [0.1, 0.15) is 5.75 Å². The second kappa shape index (κ2) is 5.72. The maximum atomic E-state index is 9.98. The Morgan fingerprint density at radius 3 is 2.72 bits per heavy atom. The van der Waals surface area contributed by atoms with Crippen LogP contribution in [0.15, 0.2) is 24.3 Å². The zero-order chi connectivity index (χ0) is 13.1. The van der Waals surface area contributed by atoms with Crippen molar-refractivity contribution in [1.82, 2.24) is 9.80 Å². The molecular formula is C15H24N2O. The first-order valence-electron chi connectivity index (χ1n) is 6.81. The minimum atomic E-state index is 0.271. The predicted molar refractivity (Wildman–Crippen MR) is 74.8 cm³/mol. The summed E-state index contributed by atoms with van der Waals surface area (Å²) >= 11 is 0. The molecule has 18 heavy (non-hydrogen) atoms. The van der Waals surface area contributed by atoms with Crippen molar-refractivity contribution in [3.8, 4) is 5.75 Å². The largest absolute Gasteiger partial charge is 0.508 e. The summed E-state index contributed by atoms with van der Waals surface area (Å²) in [5.41, 5.74) is 1.04. The molecule has 1 saturated heterocycles. The Kier molecular flexibility index (Phi) is 4.25. The molecule has 1 aliphatic rings. The fraction of sp³-hybridized carbons (Fsp3) is 0.600. The van der Waals surface area contributed by atoms with Gasteiger partial charge in [0.15, 0.2) is 0 Å². The molecule has 3 nitrogen and oxygen atoms in total. The monoisotopic (exact) mass is 248 g/mol. The highest BCUT2D eigenvalue weighted by atomic mass is 16.3. The van der Waals surface area contributed by atoms with E-state index in [1.807, 2.05) is 18.2 Å². The Labute approximate surface area is 110 Å². The van der Waals surface area contributed by atoms with Gasteiger partial charge in [-0.3, -0.25) is 4.90 Å². The molecule has 0 radical (unpaired) electrons. The van der Waals surface area contributed by atoms with Crippen LogP contribution in [0.1, 0.15) is 31.9 Å². The van der Waals surface area contributed by atoms with Crippen molar-refractivity contribution in [2.45, 2.75) is 32.4 Å². The number of benzene rings is 1. The van der Waals surface area contributed by atoms with Crippen LogP contribution in [0.2, 0.25) is 0 Å². The lowest BCUT2D eigenvalue weighted by molar-refractivity contribution is 0.151. The zero-order valence-corrected chi connectivity index (χ0v) is 11.6. The Morgan fingerprint density at radius 2 is 2.00 bits per heavy atom. The second-order valence-corrected chi connectivity index (χ2v) is 5.44. The Balaban J connectivity index is 2.17. The van der Waals surface area contributed by atoms with Crippen molar-refractivity contribution in [2.24, 2.45) is 0 Å². The van der Waals surface area contributed by atoms with Crippen molar-refractivity contribution in [3.63, 3.8) is 0 Å². The van der Waals surface area contributed by atoms with Crippen molar-refractivity contribution >= 4 is 0 Å². The molecule has 1 heterocycles. The number of phenols is 1. The molecule has 1 aliphatic heterocycles. The highest BCUT2D eigenvalue weighted by Gasteiger charge is 2.25. The summed E-state index contributed by atoms with van der Waals surface area (Å²) < 4.78 is 0. The van der Waals surface area contributed by atoms with E-state index in [-0.39, 0.29) is 6.04 Å². The van der Waals surface area contributed by atoms with E-state index in [0.717, 1.165) is 25.2 Å². The first-order valence-corrected chi connectivity index (χ1v) is 6.81. The minimum absolute atomic E-state index is 0.271. The molecule has 100 valence electrons. The molecule has 0 bridgehead atoms. The van der Waals surface area contributed by atoms with Crippen LogP contribution in [0.3, 0.4) is 0 Å². The number of hydrogen-bond acceptors (Lipinski definition) is 3. The van der Waals surface area contributed by atoms with Crippen LogP contribution in [0.25, 0.3) is 0 Å². The highest BCUT2D eigenvalue weighted by molar-refractivity contribution is 5.34. The molecule has 0 saturated carbocycles. The summed E-state index contributed by atoms with van der Waals surface area (Å²) in [5, 5.41) is 9.98. The quantitative estimate of drug-likeness (QED) is 0.871. The van der Waals surface area contributed by atoms with E-state index >= 15 is 0 Å². The smallest absolute Gasteiger partial charge is 0.120 e. The number of phenolic OH excluding ortho intramolecular Hbond substituents is 1. The topological polar surface area (TPSA) is 26.7 Å². The van der Waals surface area contributed by atoms with Gasteiger partial charge in [-0.2, -0.15) is 0 Å². The van der Waals surface area contributed by atoms with Crippen LogP contribution in [-0.4, -0.2) is 47.6 Å². The van der Waals surface area contributed by atoms with Crippen LogP contribution < -0.4 is 0 Å². The van der Waals surface area contributed by atoms with E-state index in [1.54, 1.807) is 6.07 Å². The van der Waals surface area contributed by atoms with E-state index < -0.39 is 0 Å². The molecule has 1 N–H and O–H groups in total. The number of hydrogen-bond donors (Lipinski definition) is 1. The highest BCUT2D eigenvalue weighted by Crippen LogP contribution is 2.30. The molecule has 1 aromatic rings. The number of likely N-dealkylation sites (N-methyl/N-ethyl adjacent to an activating group) is 1. The molecule has 2 unspecified atom stereocenters. The van der Waals surface area contributed by atoms with Crippen LogP contribution in [-0.2, 0) is 0 Å². The predicted octanol–water partition coefficient (Wildman–Crippen LogP) is 2.48. The van der Waals surface area contributed by atoms with Gasteiger partial charge in [0.05, 0.1) is 0 Å². The van der Waals surface area contributed by atoms with Gasteiger partial charge < -0.3 is 10.0 Å². The maximum absolute atomic E-state index is 9.98. The fourth-order valence-corrected chi connectivity index (χ4v) is 2.99. The number of para-hydroxylation sites is 1. The van der Waals surface area contributed by atoms with E-state index in [4.69, 9.17) is 0 Å². The summed E-state index contributed by atoms with van der Waals surface area (Å²) in [5.74, 6) is 0.412. The average molecular weight is 248 g/mol. The van der Waals surface area contributed by atoms with Gasteiger partial charge in [0.2, 0.25) is 0 Å². The standard InChI is InChI=1S/C15H24N2O/c1-12-11-16(3)9-6-10-17(12)13(2)14-7-4-5-8-15(14)18/h4-5,7-8,12-13,18H,6,9-11H2,1-3H3. The molecule has 1 aromatic carbocycles. The van der Waals surface area contributed by atoms with Gasteiger partial charge in [-0.15, -0.1) is 0 Å². The van der Waals surface area contributed by atoms with Gasteiger partial charge in [-0.05, 0) is 39.9 Å². The lowest BCUT2D eigenvalue weighted by Gasteiger charge is -2.34. The summed E-state index contributed by atoms with van der Waals surface area (Å²) in [4.78, 5) is 4.89. The molecule has 0 aromatic heterocycles. The first kappa shape index (κ1) is 13.4. The molecule has 0 aliphatic carbocycles. The average Bonchev–Trinajstić information content (AvgIpc) is 2.50. The van der Waals surface area contributed by atoms with Gasteiger partial charge in [-0.1, -0.05) is 18.2 Å². The molecule has 1 fully saturated rings. The third-order valence-electron chi connectivity index (χ3n) is 3.98. The summed E-state index contributed by atoms with van der Waals surface area (Å²) in [6.45, 7) is 7.82. The van der Waals surface area contributed by atoms with E-state index in [1.165, 1.54) is 6.42 Å². The van der Waals surface area contributed by atoms with E-state index in [2.05, 4.69) is 30.7 Å². The Bertz CT molecular complexity index is 394. The normalized spacial score (nSPS) is 24.7. The molecule has 3 heteroatoms. The summed E-state index contributed by atoms with van der Waals surface area (Å²) in [7, 11) is 2.19. The van der Waals surface area contributed by atoms with Gasteiger partial charge in [-0.25, -0.2) is 0 Å². The maximum Gasteiger partial charge on any atom is 0.120 e. The Hall–Kier alpha value is -1.06. The minimum Gasteiger partial charge on any atom is -0.508 e. The lowest BCUT2D eigenvalue weighted by Crippen LogP contribution is -2.39. The zero-order valence-electron chi connectivity index (χ0n) is 11.6. The van der Waals surface area contributed by atoms with Crippen molar-refractivity contribution in [1.29, 1.82) is 0 Å². The number of nitrogens with zero attached hydrogens (tertiary/aromatic N) is 2. The van der Waals surface area contributed by atoms with Crippen molar-refractivity contribution in [2.75, 3.05) is 26.7 Å². The van der Waals surface area contributed by atoms with E-state index in [9.17, 15) is 5.11 Å². The van der Waals surface area contributed by atoms with Crippen LogP contribution >= 0.6 is 0 Å². The van der Waals surface area contributed by atoms with Crippen LogP contribution in [0.4, 0.5) is 0 Å². The molecule has 2 rings (SSSR count). The first-order chi connectivity index (χ1) is 8.59. The molecule has 0 amide bonds. The van der Waals surface area contributed by atoms with Gasteiger partial charge >= 0.3 is 0 Å². The summed E-state index contributed by atoms with van der Waals surface area (Å²) in [6, 6.07) is 8.48. The molecular weight excluding hydrogens is 224 g/mol.